The molecule has 0 fully saturated rings. The van der Waals surface area contributed by atoms with Crippen LogP contribution in [0.15, 0.2) is 247 Å². The summed E-state index contributed by atoms with van der Waals surface area (Å²) in [6, 6.07) is 87.6. The Balaban J connectivity index is 0.901. The second kappa shape index (κ2) is 15.4. The summed E-state index contributed by atoms with van der Waals surface area (Å²) >= 11 is 0. The average Bonchev–Trinajstić information content (AvgIpc) is 3.91. The fourth-order valence-electron chi connectivity index (χ4n) is 9.75. The summed E-state index contributed by atoms with van der Waals surface area (Å²) in [5.41, 5.74) is 21.0. The molecule has 1 aliphatic rings. The quantitative estimate of drug-likeness (QED) is 0.152. The molecule has 11 aromatic rings. The predicted molar refractivity (Wildman–Crippen MR) is 263 cm³/mol. The lowest BCUT2D eigenvalue weighted by atomic mass is 9.89. The zero-order valence-corrected chi connectivity index (χ0v) is 34.5. The molecular weight excluding hydrogens is 763 g/mol. The first kappa shape index (κ1) is 36.6. The molecule has 0 bridgehead atoms. The number of para-hydroxylation sites is 2. The molecule has 1 aliphatic carbocycles. The Morgan fingerprint density at radius 1 is 0.286 bits per heavy atom. The van der Waals surface area contributed by atoms with Crippen molar-refractivity contribution >= 4 is 39.0 Å². The van der Waals surface area contributed by atoms with Crippen LogP contribution >= 0.6 is 0 Å². The lowest BCUT2D eigenvalue weighted by molar-refractivity contribution is 0.671. The standard InChI is InChI=1S/C61H41NO/c1-4-14-41(15-5-1)43-30-34-48(35-31-43)62(50-38-39-55-58(40-50)53-20-10-11-21-54(53)59(55)47-18-8-3-9-19-47)49-36-32-44(33-37-49)42-26-28-46(29-27-42)52-23-13-25-57-56-24-12-22-51(60(56)63-61(52)57)45-16-6-2-7-17-45/h1-40,59H. The van der Waals surface area contributed by atoms with Crippen LogP contribution in [0.5, 0.6) is 0 Å². The maximum absolute atomic E-state index is 6.74. The van der Waals surface area contributed by atoms with Gasteiger partial charge >= 0.3 is 0 Å². The summed E-state index contributed by atoms with van der Waals surface area (Å²) in [5.74, 6) is 0.204. The fourth-order valence-corrected chi connectivity index (χ4v) is 9.75. The Bertz CT molecular complexity index is 3410. The Labute approximate surface area is 367 Å². The third-order valence-corrected chi connectivity index (χ3v) is 12.8. The predicted octanol–water partition coefficient (Wildman–Crippen LogP) is 16.9. The van der Waals surface area contributed by atoms with E-state index < -0.39 is 0 Å². The first-order valence-electron chi connectivity index (χ1n) is 21.7. The van der Waals surface area contributed by atoms with E-state index in [9.17, 15) is 0 Å². The number of benzene rings is 10. The highest BCUT2D eigenvalue weighted by Gasteiger charge is 2.30. The maximum atomic E-state index is 6.74. The summed E-state index contributed by atoms with van der Waals surface area (Å²) in [7, 11) is 0. The minimum absolute atomic E-state index is 0.204. The smallest absolute Gasteiger partial charge is 0.143 e. The molecule has 0 aliphatic heterocycles. The molecule has 1 heterocycles. The lowest BCUT2D eigenvalue weighted by Gasteiger charge is -2.27. The van der Waals surface area contributed by atoms with E-state index in [0.29, 0.717) is 0 Å². The van der Waals surface area contributed by atoms with Crippen LogP contribution in [0.3, 0.4) is 0 Å². The Kier molecular flexibility index (Phi) is 8.93. The van der Waals surface area contributed by atoms with Crippen molar-refractivity contribution < 1.29 is 4.42 Å². The average molecular weight is 804 g/mol. The highest BCUT2D eigenvalue weighted by molar-refractivity contribution is 6.13. The van der Waals surface area contributed by atoms with Gasteiger partial charge in [0.05, 0.1) is 0 Å². The maximum Gasteiger partial charge on any atom is 0.143 e. The van der Waals surface area contributed by atoms with Crippen molar-refractivity contribution in [3.63, 3.8) is 0 Å². The molecule has 63 heavy (non-hydrogen) atoms. The summed E-state index contributed by atoms with van der Waals surface area (Å²) in [6.45, 7) is 0. The molecular formula is C61H41NO. The third-order valence-electron chi connectivity index (χ3n) is 12.8. The van der Waals surface area contributed by atoms with Gasteiger partial charge in [-0.2, -0.15) is 0 Å². The van der Waals surface area contributed by atoms with Crippen LogP contribution in [0.2, 0.25) is 0 Å². The Morgan fingerprint density at radius 2 is 0.698 bits per heavy atom. The van der Waals surface area contributed by atoms with Crippen molar-refractivity contribution in [1.82, 2.24) is 0 Å². The number of fused-ring (bicyclic) bond motifs is 6. The number of hydrogen-bond donors (Lipinski definition) is 0. The van der Waals surface area contributed by atoms with E-state index in [1.165, 1.54) is 38.9 Å². The number of furan rings is 1. The van der Waals surface area contributed by atoms with Gasteiger partial charge < -0.3 is 9.32 Å². The van der Waals surface area contributed by atoms with Gasteiger partial charge in [0, 0.05) is 44.9 Å². The van der Waals surface area contributed by atoms with Crippen molar-refractivity contribution in [2.45, 2.75) is 5.92 Å². The Hall–Kier alpha value is -8.20. The first-order valence-corrected chi connectivity index (χ1v) is 21.7. The lowest BCUT2D eigenvalue weighted by Crippen LogP contribution is -2.10. The van der Waals surface area contributed by atoms with Gasteiger partial charge in [-0.1, -0.05) is 206 Å². The van der Waals surface area contributed by atoms with Crippen LogP contribution in [0.1, 0.15) is 22.6 Å². The highest BCUT2D eigenvalue weighted by atomic mass is 16.3. The van der Waals surface area contributed by atoms with Crippen molar-refractivity contribution in [2.24, 2.45) is 0 Å². The van der Waals surface area contributed by atoms with E-state index in [2.05, 4.69) is 248 Å². The SMILES string of the molecule is c1ccc(-c2ccc(N(c3ccc(-c4ccc(-c5cccc6c5oc5c(-c7ccccc7)cccc56)cc4)cc3)c3ccc4c(c3)-c3ccccc3C4c3ccccc3)cc2)cc1. The minimum Gasteiger partial charge on any atom is -0.455 e. The van der Waals surface area contributed by atoms with E-state index in [4.69, 9.17) is 4.42 Å². The van der Waals surface area contributed by atoms with E-state index in [1.54, 1.807) is 0 Å². The second-order valence-electron chi connectivity index (χ2n) is 16.4. The van der Waals surface area contributed by atoms with Crippen LogP contribution in [-0.4, -0.2) is 0 Å². The second-order valence-corrected chi connectivity index (χ2v) is 16.4. The van der Waals surface area contributed by atoms with E-state index in [0.717, 1.165) is 72.4 Å². The summed E-state index contributed by atoms with van der Waals surface area (Å²) in [5, 5.41) is 2.26. The molecule has 296 valence electrons. The number of nitrogens with zero attached hydrogens (tertiary/aromatic N) is 1. The zero-order valence-electron chi connectivity index (χ0n) is 34.5. The summed E-state index contributed by atoms with van der Waals surface area (Å²) in [4.78, 5) is 2.39. The monoisotopic (exact) mass is 803 g/mol. The third kappa shape index (κ3) is 6.43. The van der Waals surface area contributed by atoms with E-state index in [-0.39, 0.29) is 5.92 Å². The molecule has 0 radical (unpaired) electrons. The number of anilines is 3. The highest BCUT2D eigenvalue weighted by Crippen LogP contribution is 2.50. The minimum atomic E-state index is 0.204. The molecule has 2 heteroatoms. The Morgan fingerprint density at radius 3 is 1.29 bits per heavy atom. The van der Waals surface area contributed by atoms with Crippen molar-refractivity contribution in [3.8, 4) is 55.6 Å². The topological polar surface area (TPSA) is 16.4 Å². The fraction of sp³-hybridized carbons (Fsp3) is 0.0164. The molecule has 0 N–H and O–H groups in total. The molecule has 10 aromatic carbocycles. The first-order chi connectivity index (χ1) is 31.2. The van der Waals surface area contributed by atoms with Crippen molar-refractivity contribution in [3.05, 3.63) is 259 Å². The van der Waals surface area contributed by atoms with Gasteiger partial charge in [0.25, 0.3) is 0 Å². The molecule has 0 saturated heterocycles. The molecule has 1 unspecified atom stereocenters. The molecule has 2 nitrogen and oxygen atoms in total. The van der Waals surface area contributed by atoms with Gasteiger partial charge in [-0.25, -0.2) is 0 Å². The van der Waals surface area contributed by atoms with Gasteiger partial charge in [0.2, 0.25) is 0 Å². The summed E-state index contributed by atoms with van der Waals surface area (Å²) < 4.78 is 6.74. The zero-order chi connectivity index (χ0) is 41.7. The molecule has 1 aromatic heterocycles. The number of hydrogen-bond acceptors (Lipinski definition) is 2. The van der Waals surface area contributed by atoms with Crippen LogP contribution in [0.4, 0.5) is 17.1 Å². The largest absolute Gasteiger partial charge is 0.455 e. The van der Waals surface area contributed by atoms with Gasteiger partial charge in [0.1, 0.15) is 11.2 Å². The molecule has 12 rings (SSSR count). The number of rotatable bonds is 8. The van der Waals surface area contributed by atoms with Crippen LogP contribution in [0.25, 0.3) is 77.6 Å². The molecule has 0 spiro atoms. The van der Waals surface area contributed by atoms with Crippen LogP contribution in [-0.2, 0) is 0 Å². The van der Waals surface area contributed by atoms with E-state index in [1.807, 2.05) is 0 Å². The van der Waals surface area contributed by atoms with E-state index >= 15 is 0 Å². The van der Waals surface area contributed by atoms with Crippen molar-refractivity contribution in [1.29, 1.82) is 0 Å². The van der Waals surface area contributed by atoms with Crippen molar-refractivity contribution in [2.75, 3.05) is 4.90 Å². The normalized spacial score (nSPS) is 12.9. The molecule has 0 amide bonds. The van der Waals surface area contributed by atoms with Gasteiger partial charge in [0.15, 0.2) is 0 Å². The van der Waals surface area contributed by atoms with Gasteiger partial charge in [-0.05, 0) is 97.6 Å². The van der Waals surface area contributed by atoms with Crippen LogP contribution in [0, 0.1) is 0 Å². The van der Waals surface area contributed by atoms with Crippen LogP contribution < -0.4 is 4.90 Å². The summed E-state index contributed by atoms with van der Waals surface area (Å²) in [6.07, 6.45) is 0. The molecule has 1 atom stereocenters. The van der Waals surface area contributed by atoms with Gasteiger partial charge in [-0.15, -0.1) is 0 Å². The van der Waals surface area contributed by atoms with Gasteiger partial charge in [-0.3, -0.25) is 0 Å². The molecule has 0 saturated carbocycles.